The Morgan fingerprint density at radius 2 is 2.20 bits per heavy atom. The lowest BCUT2D eigenvalue weighted by Gasteiger charge is -2.32. The average Bonchev–Trinajstić information content (AvgIpc) is 2.73. The summed E-state index contributed by atoms with van der Waals surface area (Å²) in [6.07, 6.45) is 3.85. The Kier molecular flexibility index (Phi) is 1.55. The molecule has 1 heterocycles. The zero-order valence-corrected chi connectivity index (χ0v) is 8.34. The maximum atomic E-state index is 11.1. The number of nitriles is 1. The van der Waals surface area contributed by atoms with Crippen LogP contribution in [0.2, 0.25) is 0 Å². The molecule has 0 atom stereocenters. The second kappa shape index (κ2) is 2.69. The van der Waals surface area contributed by atoms with E-state index in [1.807, 2.05) is 0 Å². The molecule has 1 aromatic heterocycles. The molecule has 0 amide bonds. The zero-order valence-electron chi connectivity index (χ0n) is 8.34. The van der Waals surface area contributed by atoms with Crippen molar-refractivity contribution in [2.75, 3.05) is 0 Å². The van der Waals surface area contributed by atoms with Gasteiger partial charge < -0.3 is 0 Å². The summed E-state index contributed by atoms with van der Waals surface area (Å²) in [5, 5.41) is 16.4. The number of aryl methyl sites for hydroxylation is 1. The van der Waals surface area contributed by atoms with E-state index >= 15 is 0 Å². The number of carbonyl (C=O) groups excluding carboxylic acids is 1. The van der Waals surface area contributed by atoms with E-state index in [-0.39, 0.29) is 5.78 Å². The van der Waals surface area contributed by atoms with Gasteiger partial charge in [-0.25, -0.2) is 0 Å². The number of aromatic nitrogens is 2. The van der Waals surface area contributed by atoms with Gasteiger partial charge in [-0.3, -0.25) is 9.89 Å². The van der Waals surface area contributed by atoms with Crippen molar-refractivity contribution in [3.8, 4) is 6.07 Å². The lowest BCUT2D eigenvalue weighted by molar-refractivity contribution is -0.126. The molecule has 15 heavy (non-hydrogen) atoms. The molecule has 0 aromatic carbocycles. The van der Waals surface area contributed by atoms with E-state index in [2.05, 4.69) is 16.3 Å². The lowest BCUT2D eigenvalue weighted by atomic mass is 9.66. The van der Waals surface area contributed by atoms with Gasteiger partial charge in [0.15, 0.2) is 0 Å². The van der Waals surface area contributed by atoms with Gasteiger partial charge in [0.05, 0.1) is 11.8 Å². The van der Waals surface area contributed by atoms with Gasteiger partial charge in [-0.05, 0) is 24.8 Å². The molecule has 4 nitrogen and oxygen atoms in total. The Hall–Kier alpha value is -1.63. The molecule has 1 saturated carbocycles. The number of H-pyrrole nitrogens is 1. The Balaban J connectivity index is 2.06. The fraction of sp³-hybridized carbons (Fsp3) is 0.545. The summed E-state index contributed by atoms with van der Waals surface area (Å²) >= 11 is 0. The third kappa shape index (κ3) is 1.01. The molecule has 0 unspecified atom stereocenters. The molecular weight excluding hydrogens is 190 g/mol. The standard InChI is InChI=1S/C11H11N3O/c12-6-11(4-7(15)5-11)10-8-2-1-3-9(8)13-14-10/h1-5H2,(H,13,14). The van der Waals surface area contributed by atoms with E-state index in [1.54, 1.807) is 0 Å². The lowest BCUT2D eigenvalue weighted by Crippen LogP contribution is -2.41. The van der Waals surface area contributed by atoms with E-state index in [1.165, 1.54) is 11.3 Å². The molecule has 4 heteroatoms. The Bertz CT molecular complexity index is 473. The van der Waals surface area contributed by atoms with E-state index < -0.39 is 5.41 Å². The van der Waals surface area contributed by atoms with Crippen LogP contribution in [0.5, 0.6) is 0 Å². The monoisotopic (exact) mass is 201 g/mol. The summed E-state index contributed by atoms with van der Waals surface area (Å²) in [5.41, 5.74) is 2.60. The summed E-state index contributed by atoms with van der Waals surface area (Å²) in [7, 11) is 0. The molecule has 2 aliphatic carbocycles. The first-order valence-corrected chi connectivity index (χ1v) is 5.25. The van der Waals surface area contributed by atoms with Crippen LogP contribution in [0.3, 0.4) is 0 Å². The van der Waals surface area contributed by atoms with Gasteiger partial charge >= 0.3 is 0 Å². The van der Waals surface area contributed by atoms with Gasteiger partial charge in [0, 0.05) is 18.5 Å². The number of ketones is 1. The summed E-state index contributed by atoms with van der Waals surface area (Å²) < 4.78 is 0. The average molecular weight is 201 g/mol. The second-order valence-corrected chi connectivity index (χ2v) is 4.47. The molecule has 3 rings (SSSR count). The van der Waals surface area contributed by atoms with Gasteiger partial charge in [0.25, 0.3) is 0 Å². The quantitative estimate of drug-likeness (QED) is 0.737. The van der Waals surface area contributed by atoms with Crippen LogP contribution in [0.15, 0.2) is 0 Å². The van der Waals surface area contributed by atoms with Crippen molar-refractivity contribution in [1.29, 1.82) is 5.26 Å². The molecule has 0 saturated heterocycles. The molecule has 0 radical (unpaired) electrons. The molecular formula is C11H11N3O. The fourth-order valence-corrected chi connectivity index (χ4v) is 2.64. The Morgan fingerprint density at radius 3 is 2.87 bits per heavy atom. The maximum absolute atomic E-state index is 11.1. The summed E-state index contributed by atoms with van der Waals surface area (Å²) in [4.78, 5) is 11.1. The van der Waals surface area contributed by atoms with Crippen molar-refractivity contribution in [3.63, 3.8) is 0 Å². The van der Waals surface area contributed by atoms with E-state index in [4.69, 9.17) is 0 Å². The number of rotatable bonds is 1. The highest BCUT2D eigenvalue weighted by Gasteiger charge is 2.49. The van der Waals surface area contributed by atoms with Crippen LogP contribution in [-0.2, 0) is 23.1 Å². The van der Waals surface area contributed by atoms with Crippen LogP contribution in [0, 0.1) is 11.3 Å². The third-order valence-electron chi connectivity index (χ3n) is 3.47. The first kappa shape index (κ1) is 8.66. The highest BCUT2D eigenvalue weighted by molar-refractivity contribution is 5.90. The summed E-state index contributed by atoms with van der Waals surface area (Å²) in [6, 6.07) is 2.27. The second-order valence-electron chi connectivity index (χ2n) is 4.47. The first-order valence-electron chi connectivity index (χ1n) is 5.25. The van der Waals surface area contributed by atoms with E-state index in [9.17, 15) is 10.1 Å². The van der Waals surface area contributed by atoms with Crippen LogP contribution in [0.4, 0.5) is 0 Å². The minimum Gasteiger partial charge on any atom is -0.300 e. The van der Waals surface area contributed by atoms with Crippen molar-refractivity contribution in [2.24, 2.45) is 0 Å². The van der Waals surface area contributed by atoms with Crippen molar-refractivity contribution in [2.45, 2.75) is 37.5 Å². The van der Waals surface area contributed by atoms with Gasteiger partial charge in [0.1, 0.15) is 11.2 Å². The number of nitrogens with zero attached hydrogens (tertiary/aromatic N) is 2. The molecule has 1 N–H and O–H groups in total. The Morgan fingerprint density at radius 1 is 1.40 bits per heavy atom. The normalized spacial score (nSPS) is 21.9. The number of aromatic amines is 1. The van der Waals surface area contributed by atoms with E-state index in [0.29, 0.717) is 12.8 Å². The van der Waals surface area contributed by atoms with Crippen LogP contribution in [0.25, 0.3) is 0 Å². The molecule has 0 bridgehead atoms. The number of carbonyl (C=O) groups is 1. The molecule has 1 aromatic rings. The highest BCUT2D eigenvalue weighted by atomic mass is 16.1. The highest BCUT2D eigenvalue weighted by Crippen LogP contribution is 2.43. The third-order valence-corrected chi connectivity index (χ3v) is 3.47. The van der Waals surface area contributed by atoms with Gasteiger partial charge in [0.2, 0.25) is 0 Å². The number of nitrogens with one attached hydrogen (secondary N) is 1. The van der Waals surface area contributed by atoms with Crippen LogP contribution >= 0.6 is 0 Å². The van der Waals surface area contributed by atoms with Crippen molar-refractivity contribution in [3.05, 3.63) is 17.0 Å². The predicted molar refractivity (Wildman–Crippen MR) is 52.1 cm³/mol. The zero-order chi connectivity index (χ0) is 10.5. The molecule has 1 fully saturated rings. The number of hydrogen-bond acceptors (Lipinski definition) is 3. The van der Waals surface area contributed by atoms with Crippen LogP contribution in [0.1, 0.15) is 36.2 Å². The summed E-state index contributed by atoms with van der Waals surface area (Å²) in [5.74, 6) is 0.172. The SMILES string of the molecule is N#CC1(c2n[nH]c3c2CCC3)CC(=O)C1. The molecule has 0 aliphatic heterocycles. The first-order chi connectivity index (χ1) is 7.25. The van der Waals surface area contributed by atoms with E-state index in [0.717, 1.165) is 25.0 Å². The molecule has 76 valence electrons. The fourth-order valence-electron chi connectivity index (χ4n) is 2.64. The largest absolute Gasteiger partial charge is 0.300 e. The Labute approximate surface area is 87.3 Å². The summed E-state index contributed by atoms with van der Waals surface area (Å²) in [6.45, 7) is 0. The van der Waals surface area contributed by atoms with Gasteiger partial charge in [-0.15, -0.1) is 0 Å². The molecule has 2 aliphatic rings. The van der Waals surface area contributed by atoms with Crippen molar-refractivity contribution < 1.29 is 4.79 Å². The van der Waals surface area contributed by atoms with Crippen molar-refractivity contribution in [1.82, 2.24) is 10.2 Å². The van der Waals surface area contributed by atoms with Crippen LogP contribution in [-0.4, -0.2) is 16.0 Å². The van der Waals surface area contributed by atoms with Crippen LogP contribution < -0.4 is 0 Å². The molecule has 0 spiro atoms. The number of fused-ring (bicyclic) bond motifs is 1. The maximum Gasteiger partial charge on any atom is 0.136 e. The topological polar surface area (TPSA) is 69.5 Å². The number of Topliss-reactive ketones (excluding diaryl/α,β-unsaturated/α-hetero) is 1. The minimum absolute atomic E-state index is 0.172. The van der Waals surface area contributed by atoms with Gasteiger partial charge in [-0.2, -0.15) is 10.4 Å². The minimum atomic E-state index is -0.606. The van der Waals surface area contributed by atoms with Crippen molar-refractivity contribution >= 4 is 5.78 Å². The van der Waals surface area contributed by atoms with Gasteiger partial charge in [-0.1, -0.05) is 0 Å². The predicted octanol–water partition coefficient (Wildman–Crippen LogP) is 1.02. The smallest absolute Gasteiger partial charge is 0.136 e. The number of hydrogen-bond donors (Lipinski definition) is 1.